The summed E-state index contributed by atoms with van der Waals surface area (Å²) in [6.07, 6.45) is 0. The Labute approximate surface area is 104 Å². The largest absolute Gasteiger partial charge is 0.477 e. The summed E-state index contributed by atoms with van der Waals surface area (Å²) in [5.74, 6) is -1.02. The van der Waals surface area contributed by atoms with Gasteiger partial charge in [0.1, 0.15) is 0 Å². The van der Waals surface area contributed by atoms with Gasteiger partial charge < -0.3 is 5.11 Å². The first-order chi connectivity index (χ1) is 8.08. The van der Waals surface area contributed by atoms with Gasteiger partial charge in [0.2, 0.25) is 0 Å². The van der Waals surface area contributed by atoms with E-state index in [9.17, 15) is 4.79 Å². The summed E-state index contributed by atoms with van der Waals surface area (Å²) in [6, 6.07) is 10.7. The lowest BCUT2D eigenvalue weighted by Crippen LogP contribution is -2.04. The number of carbonyl (C=O) groups is 1. The summed E-state index contributed by atoms with van der Waals surface area (Å²) >= 11 is 5.88. The number of rotatable bonds is 2. The Kier molecular flexibility index (Phi) is 3.11. The maximum absolute atomic E-state index is 11.0. The third kappa shape index (κ3) is 2.45. The van der Waals surface area contributed by atoms with Crippen LogP contribution in [0, 0.1) is 6.92 Å². The van der Waals surface area contributed by atoms with Gasteiger partial charge in [0, 0.05) is 10.6 Å². The highest BCUT2D eigenvalue weighted by atomic mass is 35.5. The molecule has 2 rings (SSSR count). The van der Waals surface area contributed by atoms with E-state index in [2.05, 4.69) is 4.98 Å². The van der Waals surface area contributed by atoms with Crippen LogP contribution < -0.4 is 0 Å². The highest BCUT2D eigenvalue weighted by molar-refractivity contribution is 6.30. The number of carboxylic acids is 1. The van der Waals surface area contributed by atoms with E-state index in [1.165, 1.54) is 0 Å². The van der Waals surface area contributed by atoms with Crippen molar-refractivity contribution < 1.29 is 9.90 Å². The second-order valence-electron chi connectivity index (χ2n) is 3.68. The van der Waals surface area contributed by atoms with Gasteiger partial charge in [-0.15, -0.1) is 0 Å². The summed E-state index contributed by atoms with van der Waals surface area (Å²) in [7, 11) is 0. The molecule has 0 bridgehead atoms. The molecule has 0 aliphatic carbocycles. The van der Waals surface area contributed by atoms with Gasteiger partial charge in [0.05, 0.1) is 5.69 Å². The van der Waals surface area contributed by atoms with E-state index in [0.717, 1.165) is 5.56 Å². The monoisotopic (exact) mass is 247 g/mol. The molecule has 0 saturated carbocycles. The Morgan fingerprint density at radius 1 is 1.29 bits per heavy atom. The molecule has 4 heteroatoms. The number of benzene rings is 1. The standard InChI is InChI=1S/C13H10ClNO2/c1-8-5-6-11(15-12(8)13(16)17)9-3-2-4-10(14)7-9/h2-7H,1H3,(H,16,17). The summed E-state index contributed by atoms with van der Waals surface area (Å²) in [6.45, 7) is 1.72. The van der Waals surface area contributed by atoms with Crippen LogP contribution in [0.5, 0.6) is 0 Å². The van der Waals surface area contributed by atoms with Gasteiger partial charge >= 0.3 is 5.97 Å². The minimum Gasteiger partial charge on any atom is -0.477 e. The van der Waals surface area contributed by atoms with Crippen molar-refractivity contribution in [2.24, 2.45) is 0 Å². The lowest BCUT2D eigenvalue weighted by molar-refractivity contribution is 0.0690. The van der Waals surface area contributed by atoms with Crippen LogP contribution >= 0.6 is 11.6 Å². The highest BCUT2D eigenvalue weighted by Crippen LogP contribution is 2.22. The maximum atomic E-state index is 11.0. The van der Waals surface area contributed by atoms with Crippen molar-refractivity contribution in [1.29, 1.82) is 0 Å². The van der Waals surface area contributed by atoms with Crippen LogP contribution in [-0.4, -0.2) is 16.1 Å². The van der Waals surface area contributed by atoms with E-state index in [1.54, 1.807) is 37.3 Å². The lowest BCUT2D eigenvalue weighted by atomic mass is 10.1. The summed E-state index contributed by atoms with van der Waals surface area (Å²) in [5, 5.41) is 9.60. The van der Waals surface area contributed by atoms with Crippen molar-refractivity contribution in [3.05, 3.63) is 52.7 Å². The topological polar surface area (TPSA) is 50.2 Å². The fraction of sp³-hybridized carbons (Fsp3) is 0.0769. The van der Waals surface area contributed by atoms with Crippen LogP contribution in [0.15, 0.2) is 36.4 Å². The van der Waals surface area contributed by atoms with Crippen LogP contribution in [0.4, 0.5) is 0 Å². The first-order valence-electron chi connectivity index (χ1n) is 5.05. The number of hydrogen-bond donors (Lipinski definition) is 1. The third-order valence-electron chi connectivity index (χ3n) is 2.42. The Morgan fingerprint density at radius 3 is 2.71 bits per heavy atom. The average molecular weight is 248 g/mol. The molecule has 1 aromatic heterocycles. The van der Waals surface area contributed by atoms with E-state index in [1.807, 2.05) is 6.07 Å². The van der Waals surface area contributed by atoms with Gasteiger partial charge in [-0.1, -0.05) is 29.8 Å². The van der Waals surface area contributed by atoms with Crippen LogP contribution in [0.25, 0.3) is 11.3 Å². The second-order valence-corrected chi connectivity index (χ2v) is 4.11. The molecule has 1 heterocycles. The molecular formula is C13H10ClNO2. The zero-order valence-electron chi connectivity index (χ0n) is 9.14. The molecule has 0 radical (unpaired) electrons. The van der Waals surface area contributed by atoms with E-state index >= 15 is 0 Å². The molecule has 17 heavy (non-hydrogen) atoms. The average Bonchev–Trinajstić information content (AvgIpc) is 2.29. The molecule has 0 amide bonds. The predicted octanol–water partition coefficient (Wildman–Crippen LogP) is 3.41. The van der Waals surface area contributed by atoms with Gasteiger partial charge in [-0.25, -0.2) is 9.78 Å². The SMILES string of the molecule is Cc1ccc(-c2cccc(Cl)c2)nc1C(=O)O. The number of nitrogens with zero attached hydrogens (tertiary/aromatic N) is 1. The van der Waals surface area contributed by atoms with E-state index < -0.39 is 5.97 Å². The lowest BCUT2D eigenvalue weighted by Gasteiger charge is -2.05. The minimum absolute atomic E-state index is 0.0717. The van der Waals surface area contributed by atoms with Crippen molar-refractivity contribution in [3.63, 3.8) is 0 Å². The smallest absolute Gasteiger partial charge is 0.354 e. The molecule has 0 aliphatic heterocycles. The van der Waals surface area contributed by atoms with Crippen molar-refractivity contribution in [2.45, 2.75) is 6.92 Å². The van der Waals surface area contributed by atoms with Gasteiger partial charge in [-0.3, -0.25) is 0 Å². The first-order valence-corrected chi connectivity index (χ1v) is 5.42. The van der Waals surface area contributed by atoms with Gasteiger partial charge in [-0.05, 0) is 30.7 Å². The number of pyridine rings is 1. The van der Waals surface area contributed by atoms with Crippen LogP contribution in [0.2, 0.25) is 5.02 Å². The molecule has 0 fully saturated rings. The number of carboxylic acid groups (broad SMARTS) is 1. The number of aryl methyl sites for hydroxylation is 1. The van der Waals surface area contributed by atoms with Crippen LogP contribution in [0.1, 0.15) is 16.1 Å². The zero-order valence-corrected chi connectivity index (χ0v) is 9.90. The second kappa shape index (κ2) is 4.55. The predicted molar refractivity (Wildman–Crippen MR) is 66.4 cm³/mol. The van der Waals surface area contributed by atoms with E-state index in [-0.39, 0.29) is 5.69 Å². The molecule has 1 N–H and O–H groups in total. The number of halogens is 1. The summed E-state index contributed by atoms with van der Waals surface area (Å²) in [5.41, 5.74) is 2.13. The van der Waals surface area contributed by atoms with Gasteiger partial charge in [0.25, 0.3) is 0 Å². The molecule has 0 unspecified atom stereocenters. The minimum atomic E-state index is -1.02. The molecule has 86 valence electrons. The van der Waals surface area contributed by atoms with Crippen LogP contribution in [-0.2, 0) is 0 Å². The van der Waals surface area contributed by atoms with Gasteiger partial charge in [-0.2, -0.15) is 0 Å². The summed E-state index contributed by atoms with van der Waals surface area (Å²) in [4.78, 5) is 15.1. The molecule has 3 nitrogen and oxygen atoms in total. The van der Waals surface area contributed by atoms with E-state index in [0.29, 0.717) is 16.3 Å². The van der Waals surface area contributed by atoms with Crippen molar-refractivity contribution in [1.82, 2.24) is 4.98 Å². The van der Waals surface area contributed by atoms with Crippen molar-refractivity contribution in [3.8, 4) is 11.3 Å². The highest BCUT2D eigenvalue weighted by Gasteiger charge is 2.10. The third-order valence-corrected chi connectivity index (χ3v) is 2.66. The normalized spacial score (nSPS) is 10.2. The summed E-state index contributed by atoms with van der Waals surface area (Å²) < 4.78 is 0. The molecule has 2 aromatic rings. The number of hydrogen-bond acceptors (Lipinski definition) is 2. The molecular weight excluding hydrogens is 238 g/mol. The Balaban J connectivity index is 2.54. The Morgan fingerprint density at radius 2 is 2.06 bits per heavy atom. The fourth-order valence-electron chi connectivity index (χ4n) is 1.55. The zero-order chi connectivity index (χ0) is 12.4. The Bertz CT molecular complexity index is 581. The molecule has 1 aromatic carbocycles. The Hall–Kier alpha value is -1.87. The molecule has 0 atom stereocenters. The quantitative estimate of drug-likeness (QED) is 0.885. The molecule has 0 aliphatic rings. The van der Waals surface area contributed by atoms with Crippen molar-refractivity contribution >= 4 is 17.6 Å². The van der Waals surface area contributed by atoms with Crippen molar-refractivity contribution in [2.75, 3.05) is 0 Å². The maximum Gasteiger partial charge on any atom is 0.354 e. The fourth-order valence-corrected chi connectivity index (χ4v) is 1.74. The first kappa shape index (κ1) is 11.6. The number of aromatic nitrogens is 1. The van der Waals surface area contributed by atoms with Crippen LogP contribution in [0.3, 0.4) is 0 Å². The molecule has 0 saturated heterocycles. The molecule has 0 spiro atoms. The van der Waals surface area contributed by atoms with Gasteiger partial charge in [0.15, 0.2) is 5.69 Å². The number of aromatic carboxylic acids is 1. The van der Waals surface area contributed by atoms with E-state index in [4.69, 9.17) is 16.7 Å².